The lowest BCUT2D eigenvalue weighted by Crippen LogP contribution is -2.41. The smallest absolute Gasteiger partial charge is 0.246 e. The molecule has 1 aromatic heterocycles. The van der Waals surface area contributed by atoms with Gasteiger partial charge in [0.25, 0.3) is 0 Å². The number of aromatic nitrogens is 2. The average molecular weight is 413 g/mol. The lowest BCUT2D eigenvalue weighted by atomic mass is 10.1. The van der Waals surface area contributed by atoms with Crippen LogP contribution in [0.2, 0.25) is 0 Å². The molecule has 0 atom stereocenters. The van der Waals surface area contributed by atoms with E-state index in [9.17, 15) is 8.42 Å². The van der Waals surface area contributed by atoms with Crippen molar-refractivity contribution in [1.29, 1.82) is 0 Å². The largest absolute Gasteiger partial charge is 0.495 e. The SMILES string of the molecule is COc1ccc(C)cc1S(=O)(=O)N1CCC(Oc2cnc3ccccc3n2)CC1. The van der Waals surface area contributed by atoms with Gasteiger partial charge >= 0.3 is 0 Å². The number of sulfonamides is 1. The number of aryl methyl sites for hydroxylation is 1. The minimum Gasteiger partial charge on any atom is -0.495 e. The van der Waals surface area contributed by atoms with Crippen LogP contribution in [-0.2, 0) is 10.0 Å². The zero-order chi connectivity index (χ0) is 20.4. The van der Waals surface area contributed by atoms with Crippen molar-refractivity contribution in [3.05, 3.63) is 54.2 Å². The monoisotopic (exact) mass is 413 g/mol. The van der Waals surface area contributed by atoms with Gasteiger partial charge in [-0.2, -0.15) is 4.31 Å². The number of nitrogens with zero attached hydrogens (tertiary/aromatic N) is 3. The molecule has 2 aromatic carbocycles. The maximum absolute atomic E-state index is 13.1. The van der Waals surface area contributed by atoms with Gasteiger partial charge in [0.15, 0.2) is 0 Å². The molecule has 0 spiro atoms. The molecule has 0 N–H and O–H groups in total. The molecule has 1 aliphatic rings. The zero-order valence-corrected chi connectivity index (χ0v) is 17.2. The summed E-state index contributed by atoms with van der Waals surface area (Å²) >= 11 is 0. The summed E-state index contributed by atoms with van der Waals surface area (Å²) < 4.78 is 39.0. The fourth-order valence-corrected chi connectivity index (χ4v) is 5.19. The van der Waals surface area contributed by atoms with Crippen molar-refractivity contribution in [2.75, 3.05) is 20.2 Å². The Morgan fingerprint density at radius 3 is 2.52 bits per heavy atom. The summed E-state index contributed by atoms with van der Waals surface area (Å²) in [4.78, 5) is 9.05. The van der Waals surface area contributed by atoms with Crippen molar-refractivity contribution in [2.45, 2.75) is 30.8 Å². The van der Waals surface area contributed by atoms with Crippen molar-refractivity contribution in [3.63, 3.8) is 0 Å². The van der Waals surface area contributed by atoms with Crippen molar-refractivity contribution in [1.82, 2.24) is 14.3 Å². The van der Waals surface area contributed by atoms with Crippen LogP contribution in [0.15, 0.2) is 53.6 Å². The number of benzene rings is 2. The number of hydrogen-bond acceptors (Lipinski definition) is 6. The Bertz CT molecular complexity index is 1130. The van der Waals surface area contributed by atoms with Crippen LogP contribution in [0.5, 0.6) is 11.6 Å². The van der Waals surface area contributed by atoms with Gasteiger partial charge in [0.2, 0.25) is 15.9 Å². The van der Waals surface area contributed by atoms with Gasteiger partial charge < -0.3 is 9.47 Å². The standard InChI is InChI=1S/C21H23N3O4S/c1-15-7-8-19(27-2)20(13-15)29(25,26)24-11-9-16(10-12-24)28-21-14-22-17-5-3-4-6-18(17)23-21/h3-8,13-14,16H,9-12H2,1-2H3. The highest BCUT2D eigenvalue weighted by atomic mass is 32.2. The molecule has 8 heteroatoms. The highest BCUT2D eigenvalue weighted by molar-refractivity contribution is 7.89. The number of methoxy groups -OCH3 is 1. The fraction of sp³-hybridized carbons (Fsp3) is 0.333. The van der Waals surface area contributed by atoms with Crippen molar-refractivity contribution < 1.29 is 17.9 Å². The van der Waals surface area contributed by atoms with E-state index in [1.54, 1.807) is 18.3 Å². The molecule has 0 unspecified atom stereocenters. The Morgan fingerprint density at radius 2 is 1.79 bits per heavy atom. The molecule has 0 bridgehead atoms. The first-order chi connectivity index (χ1) is 14.0. The van der Waals surface area contributed by atoms with E-state index in [2.05, 4.69) is 9.97 Å². The van der Waals surface area contributed by atoms with Gasteiger partial charge in [0, 0.05) is 13.1 Å². The molecule has 3 aromatic rings. The fourth-order valence-electron chi connectivity index (χ4n) is 3.48. The third-order valence-electron chi connectivity index (χ3n) is 5.05. The molecule has 29 heavy (non-hydrogen) atoms. The summed E-state index contributed by atoms with van der Waals surface area (Å²) in [6.45, 7) is 2.62. The molecular weight excluding hydrogens is 390 g/mol. The van der Waals surface area contributed by atoms with Crippen LogP contribution in [0.25, 0.3) is 11.0 Å². The van der Waals surface area contributed by atoms with Crippen molar-refractivity contribution >= 4 is 21.1 Å². The van der Waals surface area contributed by atoms with E-state index >= 15 is 0 Å². The van der Waals surface area contributed by atoms with E-state index in [-0.39, 0.29) is 11.0 Å². The number of fused-ring (bicyclic) bond motifs is 1. The van der Waals surface area contributed by atoms with E-state index in [0.29, 0.717) is 37.6 Å². The summed E-state index contributed by atoms with van der Waals surface area (Å²) in [6, 6.07) is 12.8. The Kier molecular flexibility index (Phi) is 5.38. The number of hydrogen-bond donors (Lipinski definition) is 0. The van der Waals surface area contributed by atoms with E-state index < -0.39 is 10.0 Å². The van der Waals surface area contributed by atoms with Crippen molar-refractivity contribution in [3.8, 4) is 11.6 Å². The van der Waals surface area contributed by atoms with Crippen LogP contribution in [0.3, 0.4) is 0 Å². The molecule has 152 valence electrons. The predicted molar refractivity (Wildman–Crippen MR) is 110 cm³/mol. The Morgan fingerprint density at radius 1 is 1.07 bits per heavy atom. The molecule has 1 aliphatic heterocycles. The second kappa shape index (κ2) is 7.96. The Hall–Kier alpha value is -2.71. The molecule has 7 nitrogen and oxygen atoms in total. The quantitative estimate of drug-likeness (QED) is 0.639. The highest BCUT2D eigenvalue weighted by Crippen LogP contribution is 2.30. The van der Waals surface area contributed by atoms with Gasteiger partial charge in [0.05, 0.1) is 24.3 Å². The van der Waals surface area contributed by atoms with Crippen LogP contribution in [0.1, 0.15) is 18.4 Å². The third-order valence-corrected chi connectivity index (χ3v) is 6.97. The first kappa shape index (κ1) is 19.6. The second-order valence-corrected chi connectivity index (χ2v) is 8.98. The van der Waals surface area contributed by atoms with Gasteiger partial charge in [-0.3, -0.25) is 0 Å². The topological polar surface area (TPSA) is 81.6 Å². The van der Waals surface area contributed by atoms with Crippen LogP contribution in [-0.4, -0.2) is 49.0 Å². The molecule has 0 aliphatic carbocycles. The maximum atomic E-state index is 13.1. The van der Waals surface area contributed by atoms with Crippen LogP contribution in [0, 0.1) is 6.92 Å². The van der Waals surface area contributed by atoms with Gasteiger partial charge in [-0.1, -0.05) is 18.2 Å². The summed E-state index contributed by atoms with van der Waals surface area (Å²) in [5, 5.41) is 0. The second-order valence-electron chi connectivity index (χ2n) is 7.07. The lowest BCUT2D eigenvalue weighted by Gasteiger charge is -2.31. The van der Waals surface area contributed by atoms with Crippen LogP contribution < -0.4 is 9.47 Å². The van der Waals surface area contributed by atoms with Crippen LogP contribution >= 0.6 is 0 Å². The van der Waals surface area contributed by atoms with E-state index in [0.717, 1.165) is 16.6 Å². The molecule has 1 saturated heterocycles. The molecule has 1 fully saturated rings. The van der Waals surface area contributed by atoms with E-state index in [4.69, 9.17) is 9.47 Å². The Balaban J connectivity index is 1.45. The molecule has 0 saturated carbocycles. The number of piperidine rings is 1. The minimum atomic E-state index is -3.63. The zero-order valence-electron chi connectivity index (χ0n) is 16.4. The minimum absolute atomic E-state index is 0.101. The summed E-state index contributed by atoms with van der Waals surface area (Å²) in [6.07, 6.45) is 2.68. The van der Waals surface area contributed by atoms with E-state index in [1.165, 1.54) is 11.4 Å². The highest BCUT2D eigenvalue weighted by Gasteiger charge is 2.32. The summed E-state index contributed by atoms with van der Waals surface area (Å²) in [7, 11) is -2.15. The van der Waals surface area contributed by atoms with Gasteiger partial charge in [-0.25, -0.2) is 18.4 Å². The van der Waals surface area contributed by atoms with Crippen molar-refractivity contribution in [2.24, 2.45) is 0 Å². The first-order valence-electron chi connectivity index (χ1n) is 9.50. The number of ether oxygens (including phenoxy) is 2. The third kappa shape index (κ3) is 4.04. The van der Waals surface area contributed by atoms with Gasteiger partial charge in [-0.15, -0.1) is 0 Å². The molecule has 2 heterocycles. The number of rotatable bonds is 5. The van der Waals surface area contributed by atoms with Gasteiger partial charge in [-0.05, 0) is 49.6 Å². The molecule has 0 amide bonds. The molecule has 0 radical (unpaired) electrons. The molecular formula is C21H23N3O4S. The predicted octanol–water partition coefficient (Wildman–Crippen LogP) is 3.18. The van der Waals surface area contributed by atoms with E-state index in [1.807, 2.05) is 37.3 Å². The summed E-state index contributed by atoms with van der Waals surface area (Å²) in [5.41, 5.74) is 2.46. The summed E-state index contributed by atoms with van der Waals surface area (Å²) in [5.74, 6) is 0.825. The van der Waals surface area contributed by atoms with Crippen LogP contribution in [0.4, 0.5) is 0 Å². The molecule has 4 rings (SSSR count). The van der Waals surface area contributed by atoms with Gasteiger partial charge in [0.1, 0.15) is 16.7 Å². The number of para-hydroxylation sites is 2. The normalized spacial score (nSPS) is 16.1. The Labute approximate surface area is 170 Å². The first-order valence-corrected chi connectivity index (χ1v) is 10.9. The maximum Gasteiger partial charge on any atom is 0.246 e. The lowest BCUT2D eigenvalue weighted by molar-refractivity contribution is 0.130. The average Bonchev–Trinajstić information content (AvgIpc) is 2.74.